The third-order valence-corrected chi connectivity index (χ3v) is 5.64. The minimum absolute atomic E-state index is 0.0602. The Labute approximate surface area is 206 Å². The molecule has 0 radical (unpaired) electrons. The molecule has 3 aromatic carbocycles. The molecule has 1 saturated heterocycles. The largest absolute Gasteiger partial charge is 0.497 e. The lowest BCUT2D eigenvalue weighted by molar-refractivity contribution is -0.131. The van der Waals surface area contributed by atoms with Crippen LogP contribution < -0.4 is 19.5 Å². The second-order valence-corrected chi connectivity index (χ2v) is 7.92. The fraction of sp³-hybridized carbons (Fsp3) is 0.154. The highest BCUT2D eigenvalue weighted by molar-refractivity contribution is 6.07. The normalized spacial score (nSPS) is 17.3. The lowest BCUT2D eigenvalue weighted by Crippen LogP contribution is -2.40. The second kappa shape index (κ2) is 9.87. The lowest BCUT2D eigenvalue weighted by Gasteiger charge is -2.21. The van der Waals surface area contributed by atoms with Crippen LogP contribution in [0.5, 0.6) is 17.2 Å². The number of carbonyl (C=O) groups excluding carboxylic acids is 3. The van der Waals surface area contributed by atoms with Gasteiger partial charge in [0.1, 0.15) is 17.1 Å². The number of amides is 3. The first kappa shape index (κ1) is 24.4. The predicted molar refractivity (Wildman–Crippen MR) is 128 cm³/mol. The number of hydrazone groups is 1. The van der Waals surface area contributed by atoms with Gasteiger partial charge in [-0.15, -0.1) is 5.01 Å². The monoisotopic (exact) mass is 491 g/mol. The SMILES string of the molecule is COc1ccc(C2(C)NC(=O)N(/N=C/c3ccc(OC(=O)c4ccccc4F)c(OC)c3)C2=O)cc1. The van der Waals surface area contributed by atoms with E-state index in [9.17, 15) is 18.8 Å². The summed E-state index contributed by atoms with van der Waals surface area (Å²) in [4.78, 5) is 37.9. The van der Waals surface area contributed by atoms with E-state index >= 15 is 0 Å². The van der Waals surface area contributed by atoms with E-state index in [1.54, 1.807) is 31.2 Å². The molecule has 1 aliphatic heterocycles. The van der Waals surface area contributed by atoms with E-state index in [0.717, 1.165) is 11.1 Å². The summed E-state index contributed by atoms with van der Waals surface area (Å²) in [6.07, 6.45) is 1.29. The fourth-order valence-corrected chi connectivity index (χ4v) is 3.60. The maximum Gasteiger partial charge on any atom is 0.346 e. The number of rotatable bonds is 7. The maximum atomic E-state index is 13.9. The molecule has 1 atom stereocenters. The highest BCUT2D eigenvalue weighted by Crippen LogP contribution is 2.31. The number of hydrogen-bond acceptors (Lipinski definition) is 7. The van der Waals surface area contributed by atoms with Crippen LogP contribution in [0.2, 0.25) is 0 Å². The molecule has 0 bridgehead atoms. The van der Waals surface area contributed by atoms with Crippen molar-refractivity contribution in [3.63, 3.8) is 0 Å². The Kier molecular flexibility index (Phi) is 6.69. The summed E-state index contributed by atoms with van der Waals surface area (Å²) in [7, 11) is 2.90. The van der Waals surface area contributed by atoms with Crippen molar-refractivity contribution in [2.45, 2.75) is 12.5 Å². The van der Waals surface area contributed by atoms with Crippen molar-refractivity contribution in [1.82, 2.24) is 10.3 Å². The Morgan fingerprint density at radius 2 is 1.72 bits per heavy atom. The van der Waals surface area contributed by atoms with Crippen molar-refractivity contribution in [2.75, 3.05) is 14.2 Å². The molecule has 4 rings (SSSR count). The van der Waals surface area contributed by atoms with Crippen LogP contribution in [0.4, 0.5) is 9.18 Å². The van der Waals surface area contributed by atoms with E-state index < -0.39 is 29.3 Å². The molecule has 36 heavy (non-hydrogen) atoms. The maximum absolute atomic E-state index is 13.9. The molecule has 1 heterocycles. The Morgan fingerprint density at radius 1 is 1.00 bits per heavy atom. The summed E-state index contributed by atoms with van der Waals surface area (Å²) in [6.45, 7) is 1.59. The van der Waals surface area contributed by atoms with Crippen LogP contribution in [-0.2, 0) is 10.3 Å². The highest BCUT2D eigenvalue weighted by atomic mass is 19.1. The van der Waals surface area contributed by atoms with Gasteiger partial charge in [-0.25, -0.2) is 14.0 Å². The van der Waals surface area contributed by atoms with Crippen molar-refractivity contribution in [3.05, 3.63) is 89.2 Å². The Bertz CT molecular complexity index is 1360. The zero-order valence-electron chi connectivity index (χ0n) is 19.7. The lowest BCUT2D eigenvalue weighted by atomic mass is 9.92. The van der Waals surface area contributed by atoms with Gasteiger partial charge in [-0.05, 0) is 60.5 Å². The molecule has 1 unspecified atom stereocenters. The molecule has 0 aromatic heterocycles. The molecule has 1 N–H and O–H groups in total. The molecule has 1 aliphatic rings. The summed E-state index contributed by atoms with van der Waals surface area (Å²) in [5, 5.41) is 7.45. The van der Waals surface area contributed by atoms with E-state index in [4.69, 9.17) is 14.2 Å². The van der Waals surface area contributed by atoms with Gasteiger partial charge >= 0.3 is 12.0 Å². The number of hydrogen-bond donors (Lipinski definition) is 1. The van der Waals surface area contributed by atoms with E-state index in [1.165, 1.54) is 56.8 Å². The van der Waals surface area contributed by atoms with Gasteiger partial charge in [-0.3, -0.25) is 4.79 Å². The average molecular weight is 491 g/mol. The van der Waals surface area contributed by atoms with Crippen LogP contribution in [0, 0.1) is 5.82 Å². The summed E-state index contributed by atoms with van der Waals surface area (Å²) in [5.74, 6) is -1.30. The molecule has 1 fully saturated rings. The van der Waals surface area contributed by atoms with Gasteiger partial charge in [0, 0.05) is 0 Å². The molecule has 3 amide bonds. The van der Waals surface area contributed by atoms with Crippen LogP contribution in [0.25, 0.3) is 0 Å². The zero-order valence-corrected chi connectivity index (χ0v) is 19.7. The van der Waals surface area contributed by atoms with Crippen molar-refractivity contribution in [2.24, 2.45) is 5.10 Å². The van der Waals surface area contributed by atoms with Crippen molar-refractivity contribution < 1.29 is 33.0 Å². The van der Waals surface area contributed by atoms with Crippen molar-refractivity contribution in [1.29, 1.82) is 0 Å². The molecule has 3 aromatic rings. The number of nitrogens with one attached hydrogen (secondary N) is 1. The molecular weight excluding hydrogens is 469 g/mol. The number of benzene rings is 3. The van der Waals surface area contributed by atoms with E-state index in [-0.39, 0.29) is 17.1 Å². The zero-order chi connectivity index (χ0) is 25.9. The van der Waals surface area contributed by atoms with Crippen LogP contribution in [0.1, 0.15) is 28.4 Å². The molecule has 9 nitrogen and oxygen atoms in total. The number of halogens is 1. The number of carbonyl (C=O) groups is 3. The molecule has 0 saturated carbocycles. The number of ether oxygens (including phenoxy) is 3. The molecular formula is C26H22FN3O6. The van der Waals surface area contributed by atoms with Crippen LogP contribution in [-0.4, -0.2) is 43.4 Å². The number of nitrogens with zero attached hydrogens (tertiary/aromatic N) is 2. The minimum atomic E-state index is -1.30. The third kappa shape index (κ3) is 4.61. The van der Waals surface area contributed by atoms with E-state index in [2.05, 4.69) is 10.4 Å². The van der Waals surface area contributed by atoms with Gasteiger partial charge in [0.05, 0.1) is 26.0 Å². The summed E-state index contributed by atoms with van der Waals surface area (Å²) < 4.78 is 29.6. The molecule has 10 heteroatoms. The van der Waals surface area contributed by atoms with Crippen LogP contribution >= 0.6 is 0 Å². The highest BCUT2D eigenvalue weighted by Gasteiger charge is 2.49. The summed E-state index contributed by atoms with van der Waals surface area (Å²) in [5.41, 5.74) is -0.495. The molecule has 0 aliphatic carbocycles. The van der Waals surface area contributed by atoms with Gasteiger partial charge in [0.25, 0.3) is 5.91 Å². The standard InChI is InChI=1S/C26H22FN3O6/c1-26(17-9-11-18(34-2)12-10-17)24(32)30(25(33)29-26)28-15-16-8-13-21(22(14-16)35-3)36-23(31)19-6-4-5-7-20(19)27/h4-15H,1-3H3,(H,29,33)/b28-15+. The molecule has 0 spiro atoms. The average Bonchev–Trinajstić information content (AvgIpc) is 3.11. The Hall–Kier alpha value is -4.73. The van der Waals surface area contributed by atoms with Gasteiger partial charge in [-0.2, -0.15) is 5.10 Å². The van der Waals surface area contributed by atoms with Gasteiger partial charge in [0.15, 0.2) is 11.5 Å². The number of methoxy groups -OCH3 is 2. The summed E-state index contributed by atoms with van der Waals surface area (Å²) in [6, 6.07) is 16.0. The second-order valence-electron chi connectivity index (χ2n) is 7.92. The molecule has 184 valence electrons. The van der Waals surface area contributed by atoms with E-state index in [0.29, 0.717) is 16.9 Å². The van der Waals surface area contributed by atoms with Crippen molar-refractivity contribution in [3.8, 4) is 17.2 Å². The Balaban J connectivity index is 1.52. The number of imide groups is 1. The number of esters is 1. The first-order chi connectivity index (χ1) is 17.3. The Morgan fingerprint density at radius 3 is 2.39 bits per heavy atom. The van der Waals surface area contributed by atoms with Crippen molar-refractivity contribution >= 4 is 24.1 Å². The van der Waals surface area contributed by atoms with Gasteiger partial charge < -0.3 is 19.5 Å². The first-order valence-corrected chi connectivity index (χ1v) is 10.8. The quantitative estimate of drug-likeness (QED) is 0.233. The van der Waals surface area contributed by atoms with Crippen LogP contribution in [0.3, 0.4) is 0 Å². The topological polar surface area (TPSA) is 107 Å². The van der Waals surface area contributed by atoms with E-state index in [1.807, 2.05) is 0 Å². The smallest absolute Gasteiger partial charge is 0.346 e. The number of urea groups is 1. The third-order valence-electron chi connectivity index (χ3n) is 5.64. The minimum Gasteiger partial charge on any atom is -0.497 e. The fourth-order valence-electron chi connectivity index (χ4n) is 3.60. The van der Waals surface area contributed by atoms with Crippen LogP contribution in [0.15, 0.2) is 71.8 Å². The summed E-state index contributed by atoms with van der Waals surface area (Å²) >= 11 is 0. The van der Waals surface area contributed by atoms with Gasteiger partial charge in [-0.1, -0.05) is 24.3 Å². The predicted octanol–water partition coefficient (Wildman–Crippen LogP) is 3.86. The first-order valence-electron chi connectivity index (χ1n) is 10.8. The van der Waals surface area contributed by atoms with Gasteiger partial charge in [0.2, 0.25) is 0 Å².